The van der Waals surface area contributed by atoms with Crippen molar-refractivity contribution in [1.29, 1.82) is 0 Å². The summed E-state index contributed by atoms with van der Waals surface area (Å²) >= 11 is 5.73. The molecule has 0 unspecified atom stereocenters. The van der Waals surface area contributed by atoms with Crippen LogP contribution in [-0.4, -0.2) is 36.3 Å². The van der Waals surface area contributed by atoms with E-state index in [0.29, 0.717) is 31.0 Å². The lowest BCUT2D eigenvalue weighted by molar-refractivity contribution is -0.127. The van der Waals surface area contributed by atoms with E-state index in [1.54, 1.807) is 4.90 Å². The van der Waals surface area contributed by atoms with Crippen LogP contribution in [0.5, 0.6) is 0 Å². The summed E-state index contributed by atoms with van der Waals surface area (Å²) in [7, 11) is 0. The Morgan fingerprint density at radius 1 is 1.45 bits per heavy atom. The van der Waals surface area contributed by atoms with Gasteiger partial charge in [0, 0.05) is 31.1 Å². The zero-order chi connectivity index (χ0) is 14.5. The van der Waals surface area contributed by atoms with Gasteiger partial charge < -0.3 is 10.2 Å². The number of likely N-dealkylation sites (tertiary alicyclic amines) is 1. The Morgan fingerprint density at radius 2 is 2.25 bits per heavy atom. The summed E-state index contributed by atoms with van der Waals surface area (Å²) in [6.45, 7) is 1.81. The first kappa shape index (κ1) is 14.8. The standard InChI is InChI=1S/C14H16ClFN2O2/c15-10-4-5-12(16)11(9-10)14(20)17-6-2-8-18-7-1-3-13(18)19/h4-5,9H,1-3,6-8H2,(H,17,20). The normalized spacial score (nSPS) is 14.7. The first-order valence-corrected chi connectivity index (χ1v) is 6.97. The fourth-order valence-electron chi connectivity index (χ4n) is 2.18. The van der Waals surface area contributed by atoms with E-state index in [1.807, 2.05) is 0 Å². The van der Waals surface area contributed by atoms with Crippen molar-refractivity contribution in [2.24, 2.45) is 0 Å². The van der Waals surface area contributed by atoms with Crippen molar-refractivity contribution in [3.8, 4) is 0 Å². The van der Waals surface area contributed by atoms with E-state index in [4.69, 9.17) is 11.6 Å². The number of nitrogens with zero attached hydrogens (tertiary/aromatic N) is 1. The molecule has 1 aromatic carbocycles. The lowest BCUT2D eigenvalue weighted by atomic mass is 10.2. The van der Waals surface area contributed by atoms with Crippen molar-refractivity contribution < 1.29 is 14.0 Å². The van der Waals surface area contributed by atoms with Crippen LogP contribution >= 0.6 is 11.6 Å². The molecule has 6 heteroatoms. The second-order valence-corrected chi connectivity index (χ2v) is 5.15. The predicted octanol–water partition coefficient (Wildman–Crippen LogP) is 2.22. The number of hydrogen-bond acceptors (Lipinski definition) is 2. The molecule has 4 nitrogen and oxygen atoms in total. The van der Waals surface area contributed by atoms with Gasteiger partial charge in [-0.05, 0) is 31.0 Å². The maximum Gasteiger partial charge on any atom is 0.254 e. The van der Waals surface area contributed by atoms with Crippen molar-refractivity contribution in [2.75, 3.05) is 19.6 Å². The third-order valence-electron chi connectivity index (χ3n) is 3.23. The molecule has 1 fully saturated rings. The van der Waals surface area contributed by atoms with Crippen LogP contribution in [0.1, 0.15) is 29.6 Å². The first-order chi connectivity index (χ1) is 9.58. The highest BCUT2D eigenvalue weighted by molar-refractivity contribution is 6.30. The molecule has 0 radical (unpaired) electrons. The molecule has 0 spiro atoms. The van der Waals surface area contributed by atoms with E-state index < -0.39 is 11.7 Å². The molecule has 1 saturated heterocycles. The topological polar surface area (TPSA) is 49.4 Å². The molecule has 0 atom stereocenters. The quantitative estimate of drug-likeness (QED) is 0.848. The fourth-order valence-corrected chi connectivity index (χ4v) is 2.35. The maximum atomic E-state index is 13.5. The van der Waals surface area contributed by atoms with Crippen molar-refractivity contribution in [1.82, 2.24) is 10.2 Å². The average molecular weight is 299 g/mol. The van der Waals surface area contributed by atoms with Gasteiger partial charge >= 0.3 is 0 Å². The summed E-state index contributed by atoms with van der Waals surface area (Å²) in [6.07, 6.45) is 2.17. The molecule has 2 amide bonds. The van der Waals surface area contributed by atoms with Gasteiger partial charge in [0.05, 0.1) is 5.56 Å². The molecule has 1 aromatic rings. The fraction of sp³-hybridized carbons (Fsp3) is 0.429. The molecule has 0 aliphatic carbocycles. The summed E-state index contributed by atoms with van der Waals surface area (Å²) < 4.78 is 13.5. The van der Waals surface area contributed by atoms with Gasteiger partial charge in [0.1, 0.15) is 5.82 Å². The van der Waals surface area contributed by atoms with Crippen molar-refractivity contribution in [2.45, 2.75) is 19.3 Å². The number of nitrogens with one attached hydrogen (secondary N) is 1. The Kier molecular flexibility index (Phi) is 4.95. The van der Waals surface area contributed by atoms with E-state index in [1.165, 1.54) is 18.2 Å². The minimum absolute atomic E-state index is 0.0604. The number of rotatable bonds is 5. The molecule has 0 bridgehead atoms. The average Bonchev–Trinajstić information content (AvgIpc) is 2.83. The van der Waals surface area contributed by atoms with Gasteiger partial charge in [-0.15, -0.1) is 0 Å². The minimum Gasteiger partial charge on any atom is -0.352 e. The van der Waals surface area contributed by atoms with Gasteiger partial charge in [0.25, 0.3) is 5.91 Å². The van der Waals surface area contributed by atoms with Crippen LogP contribution in [0.4, 0.5) is 4.39 Å². The van der Waals surface area contributed by atoms with Crippen LogP contribution in [0.25, 0.3) is 0 Å². The van der Waals surface area contributed by atoms with Gasteiger partial charge in [0.2, 0.25) is 5.91 Å². The summed E-state index contributed by atoms with van der Waals surface area (Å²) in [5.74, 6) is -0.920. The van der Waals surface area contributed by atoms with Crippen LogP contribution in [0.3, 0.4) is 0 Å². The third-order valence-corrected chi connectivity index (χ3v) is 3.47. The van der Waals surface area contributed by atoms with Crippen molar-refractivity contribution in [3.63, 3.8) is 0 Å². The Labute approximate surface area is 121 Å². The zero-order valence-corrected chi connectivity index (χ0v) is 11.8. The second-order valence-electron chi connectivity index (χ2n) is 4.72. The van der Waals surface area contributed by atoms with E-state index in [2.05, 4.69) is 5.32 Å². The zero-order valence-electron chi connectivity index (χ0n) is 11.0. The Bertz CT molecular complexity index is 522. The van der Waals surface area contributed by atoms with Crippen LogP contribution < -0.4 is 5.32 Å². The van der Waals surface area contributed by atoms with Gasteiger partial charge in [-0.3, -0.25) is 9.59 Å². The Hall–Kier alpha value is -1.62. The number of carbonyl (C=O) groups is 2. The largest absolute Gasteiger partial charge is 0.352 e. The number of carbonyl (C=O) groups excluding carboxylic acids is 2. The second kappa shape index (κ2) is 6.70. The number of benzene rings is 1. The van der Waals surface area contributed by atoms with Gasteiger partial charge in [-0.2, -0.15) is 0 Å². The molecule has 2 rings (SSSR count). The molecule has 1 N–H and O–H groups in total. The highest BCUT2D eigenvalue weighted by atomic mass is 35.5. The van der Waals surface area contributed by atoms with Crippen LogP contribution in [-0.2, 0) is 4.79 Å². The molecule has 1 aliphatic rings. The van der Waals surface area contributed by atoms with Crippen LogP contribution in [0, 0.1) is 5.82 Å². The molecular weight excluding hydrogens is 283 g/mol. The van der Waals surface area contributed by atoms with Crippen LogP contribution in [0.15, 0.2) is 18.2 Å². The smallest absolute Gasteiger partial charge is 0.254 e. The van der Waals surface area contributed by atoms with E-state index in [0.717, 1.165) is 13.0 Å². The molecular formula is C14H16ClFN2O2. The Morgan fingerprint density at radius 3 is 2.95 bits per heavy atom. The lowest BCUT2D eigenvalue weighted by Crippen LogP contribution is -2.31. The highest BCUT2D eigenvalue weighted by Gasteiger charge is 2.19. The molecule has 0 aromatic heterocycles. The van der Waals surface area contributed by atoms with Gasteiger partial charge in [0.15, 0.2) is 0 Å². The number of hydrogen-bond donors (Lipinski definition) is 1. The van der Waals surface area contributed by atoms with Gasteiger partial charge in [-0.25, -0.2) is 4.39 Å². The van der Waals surface area contributed by atoms with Crippen molar-refractivity contribution >= 4 is 23.4 Å². The SMILES string of the molecule is O=C(NCCCN1CCCC1=O)c1cc(Cl)ccc1F. The monoisotopic (exact) mass is 298 g/mol. The van der Waals surface area contributed by atoms with Crippen molar-refractivity contribution in [3.05, 3.63) is 34.6 Å². The third kappa shape index (κ3) is 3.70. The van der Waals surface area contributed by atoms with E-state index in [9.17, 15) is 14.0 Å². The summed E-state index contributed by atoms with van der Waals surface area (Å²) in [5.41, 5.74) is -0.0604. The molecule has 20 heavy (non-hydrogen) atoms. The summed E-state index contributed by atoms with van der Waals surface area (Å²) in [4.78, 5) is 25.0. The van der Waals surface area contributed by atoms with Gasteiger partial charge in [-0.1, -0.05) is 11.6 Å². The predicted molar refractivity (Wildman–Crippen MR) is 74.2 cm³/mol. The minimum atomic E-state index is -0.596. The number of halogens is 2. The van der Waals surface area contributed by atoms with Crippen LogP contribution in [0.2, 0.25) is 5.02 Å². The summed E-state index contributed by atoms with van der Waals surface area (Å²) in [5, 5.41) is 2.95. The molecule has 108 valence electrons. The molecule has 1 heterocycles. The first-order valence-electron chi connectivity index (χ1n) is 6.59. The number of amides is 2. The van der Waals surface area contributed by atoms with E-state index in [-0.39, 0.29) is 11.5 Å². The lowest BCUT2D eigenvalue weighted by Gasteiger charge is -2.15. The molecule has 1 aliphatic heterocycles. The Balaban J connectivity index is 1.77. The summed E-state index contributed by atoms with van der Waals surface area (Å²) in [6, 6.07) is 3.86. The van der Waals surface area contributed by atoms with E-state index >= 15 is 0 Å². The highest BCUT2D eigenvalue weighted by Crippen LogP contribution is 2.14. The maximum absolute atomic E-state index is 13.5. The molecule has 0 saturated carbocycles.